The van der Waals surface area contributed by atoms with Crippen LogP contribution in [0.4, 0.5) is 5.13 Å². The molecule has 0 bridgehead atoms. The van der Waals surface area contributed by atoms with E-state index in [1.807, 2.05) is 0 Å². The van der Waals surface area contributed by atoms with Crippen molar-refractivity contribution in [1.82, 2.24) is 9.36 Å². The van der Waals surface area contributed by atoms with Crippen LogP contribution in [0.1, 0.15) is 32.5 Å². The molecule has 5 heteroatoms. The van der Waals surface area contributed by atoms with Gasteiger partial charge >= 0.3 is 0 Å². The highest BCUT2D eigenvalue weighted by atomic mass is 32.1. The van der Waals surface area contributed by atoms with E-state index in [-0.39, 0.29) is 0 Å². The van der Waals surface area contributed by atoms with Gasteiger partial charge < -0.3 is 10.1 Å². The minimum Gasteiger partial charge on any atom is -0.381 e. The van der Waals surface area contributed by atoms with E-state index in [9.17, 15) is 0 Å². The molecule has 1 aromatic rings. The molecule has 90 valence electrons. The third-order valence-electron chi connectivity index (χ3n) is 2.96. The van der Waals surface area contributed by atoms with Crippen LogP contribution in [0.15, 0.2) is 0 Å². The number of anilines is 1. The molecule has 1 saturated heterocycles. The molecule has 0 saturated carbocycles. The molecule has 1 N–H and O–H groups in total. The lowest BCUT2D eigenvalue weighted by atomic mass is 10.0. The minimum absolute atomic E-state index is 0.421. The summed E-state index contributed by atoms with van der Waals surface area (Å²) in [5, 5.41) is 4.37. The third kappa shape index (κ3) is 2.92. The molecule has 2 atom stereocenters. The number of hydrogen-bond acceptors (Lipinski definition) is 5. The van der Waals surface area contributed by atoms with Crippen LogP contribution >= 0.6 is 11.5 Å². The molecule has 1 aliphatic heterocycles. The maximum absolute atomic E-state index is 5.39. The quantitative estimate of drug-likeness (QED) is 0.859. The summed E-state index contributed by atoms with van der Waals surface area (Å²) in [5.74, 6) is 1.57. The molecule has 0 amide bonds. The van der Waals surface area contributed by atoms with Gasteiger partial charge in [0.15, 0.2) is 0 Å². The summed E-state index contributed by atoms with van der Waals surface area (Å²) < 4.78 is 9.71. The lowest BCUT2D eigenvalue weighted by Crippen LogP contribution is -2.26. The molecule has 1 aromatic heterocycles. The Labute approximate surface area is 101 Å². The van der Waals surface area contributed by atoms with Crippen LogP contribution in [0.2, 0.25) is 0 Å². The van der Waals surface area contributed by atoms with Gasteiger partial charge in [-0.2, -0.15) is 4.37 Å². The van der Waals surface area contributed by atoms with Crippen molar-refractivity contribution in [1.29, 1.82) is 0 Å². The first-order valence-electron chi connectivity index (χ1n) is 5.96. The van der Waals surface area contributed by atoms with Crippen LogP contribution in [0.25, 0.3) is 0 Å². The molecule has 0 radical (unpaired) electrons. The zero-order valence-electron chi connectivity index (χ0n) is 9.90. The van der Waals surface area contributed by atoms with Crippen molar-refractivity contribution in [3.8, 4) is 0 Å². The van der Waals surface area contributed by atoms with Crippen molar-refractivity contribution < 1.29 is 4.74 Å². The summed E-state index contributed by atoms with van der Waals surface area (Å²) in [4.78, 5) is 4.47. The van der Waals surface area contributed by atoms with Crippen molar-refractivity contribution in [2.24, 2.45) is 5.92 Å². The summed E-state index contributed by atoms with van der Waals surface area (Å²) in [6, 6.07) is 0.421. The van der Waals surface area contributed by atoms with Crippen LogP contribution < -0.4 is 5.32 Å². The summed E-state index contributed by atoms with van der Waals surface area (Å²) >= 11 is 1.46. The standard InChI is InChI=1S/C11H19N3OS/c1-3-4-10-13-11(16-14-10)12-8(2)9-5-6-15-7-9/h8-9H,3-7H2,1-2H3,(H,12,13,14). The van der Waals surface area contributed by atoms with Gasteiger partial charge in [-0.1, -0.05) is 6.92 Å². The largest absolute Gasteiger partial charge is 0.381 e. The summed E-state index contributed by atoms with van der Waals surface area (Å²) in [5.41, 5.74) is 0. The molecule has 2 heterocycles. The second-order valence-electron chi connectivity index (χ2n) is 4.32. The average Bonchev–Trinajstić information content (AvgIpc) is 2.89. The van der Waals surface area contributed by atoms with Crippen LogP contribution in [0, 0.1) is 5.92 Å². The van der Waals surface area contributed by atoms with Crippen molar-refractivity contribution in [2.75, 3.05) is 18.5 Å². The average molecular weight is 241 g/mol. The van der Waals surface area contributed by atoms with Gasteiger partial charge in [0.05, 0.1) is 6.61 Å². The first-order valence-corrected chi connectivity index (χ1v) is 6.73. The molecule has 2 rings (SSSR count). The first-order chi connectivity index (χ1) is 7.79. The number of nitrogens with one attached hydrogen (secondary N) is 1. The summed E-state index contributed by atoms with van der Waals surface area (Å²) in [6.45, 7) is 6.11. The predicted octanol–water partition coefficient (Wildman–Crippen LogP) is 2.33. The number of aromatic nitrogens is 2. The number of rotatable bonds is 5. The minimum atomic E-state index is 0.421. The predicted molar refractivity (Wildman–Crippen MR) is 65.9 cm³/mol. The SMILES string of the molecule is CCCc1nsc(NC(C)C2CCOC2)n1. The van der Waals surface area contributed by atoms with Gasteiger partial charge in [-0.3, -0.25) is 0 Å². The summed E-state index contributed by atoms with van der Waals surface area (Å²) in [6.07, 6.45) is 3.22. The Morgan fingerprint density at radius 2 is 2.50 bits per heavy atom. The molecule has 4 nitrogen and oxygen atoms in total. The molecule has 1 fully saturated rings. The monoisotopic (exact) mass is 241 g/mol. The highest BCUT2D eigenvalue weighted by Gasteiger charge is 2.22. The first kappa shape index (κ1) is 11.8. The van der Waals surface area contributed by atoms with Gasteiger partial charge in [0, 0.05) is 36.5 Å². The van der Waals surface area contributed by atoms with Crippen LogP contribution in [0.5, 0.6) is 0 Å². The number of hydrogen-bond donors (Lipinski definition) is 1. The van der Waals surface area contributed by atoms with Crippen LogP contribution in [-0.2, 0) is 11.2 Å². The normalized spacial score (nSPS) is 22.2. The van der Waals surface area contributed by atoms with E-state index in [1.54, 1.807) is 0 Å². The smallest absolute Gasteiger partial charge is 0.202 e. The molecular formula is C11H19N3OS. The van der Waals surface area contributed by atoms with Crippen molar-refractivity contribution in [3.05, 3.63) is 5.82 Å². The molecule has 16 heavy (non-hydrogen) atoms. The van der Waals surface area contributed by atoms with E-state index >= 15 is 0 Å². The van der Waals surface area contributed by atoms with Gasteiger partial charge in [0.2, 0.25) is 5.13 Å². The van der Waals surface area contributed by atoms with Gasteiger partial charge in [0.25, 0.3) is 0 Å². The van der Waals surface area contributed by atoms with Gasteiger partial charge in [-0.25, -0.2) is 4.98 Å². The molecule has 0 spiro atoms. The zero-order valence-corrected chi connectivity index (χ0v) is 10.7. The molecule has 2 unspecified atom stereocenters. The van der Waals surface area contributed by atoms with Gasteiger partial charge in [-0.15, -0.1) is 0 Å². The van der Waals surface area contributed by atoms with Crippen molar-refractivity contribution in [3.63, 3.8) is 0 Å². The molecule has 0 aliphatic carbocycles. The maximum atomic E-state index is 5.39. The Kier molecular flexibility index (Phi) is 4.12. The van der Waals surface area contributed by atoms with Crippen LogP contribution in [0.3, 0.4) is 0 Å². The number of aryl methyl sites for hydroxylation is 1. The summed E-state index contributed by atoms with van der Waals surface area (Å²) in [7, 11) is 0. The van der Waals surface area contributed by atoms with Gasteiger partial charge in [0.1, 0.15) is 5.82 Å². The fourth-order valence-electron chi connectivity index (χ4n) is 1.90. The molecular weight excluding hydrogens is 222 g/mol. The Hall–Kier alpha value is -0.680. The van der Waals surface area contributed by atoms with Crippen LogP contribution in [-0.4, -0.2) is 28.6 Å². The lowest BCUT2D eigenvalue weighted by molar-refractivity contribution is 0.183. The number of ether oxygens (including phenoxy) is 1. The van der Waals surface area contributed by atoms with Gasteiger partial charge in [-0.05, 0) is 19.8 Å². The Balaban J connectivity index is 1.87. The van der Waals surface area contributed by atoms with E-state index < -0.39 is 0 Å². The van der Waals surface area contributed by atoms with E-state index in [1.165, 1.54) is 11.5 Å². The van der Waals surface area contributed by atoms with E-state index in [2.05, 4.69) is 28.5 Å². The second kappa shape index (κ2) is 5.59. The fraction of sp³-hybridized carbons (Fsp3) is 0.818. The molecule has 0 aromatic carbocycles. The maximum Gasteiger partial charge on any atom is 0.202 e. The van der Waals surface area contributed by atoms with E-state index in [0.717, 1.165) is 43.4 Å². The van der Waals surface area contributed by atoms with E-state index in [4.69, 9.17) is 4.74 Å². The Morgan fingerprint density at radius 3 is 3.19 bits per heavy atom. The van der Waals surface area contributed by atoms with Crippen molar-refractivity contribution in [2.45, 2.75) is 39.2 Å². The highest BCUT2D eigenvalue weighted by Crippen LogP contribution is 2.21. The van der Waals surface area contributed by atoms with Crippen molar-refractivity contribution >= 4 is 16.7 Å². The topological polar surface area (TPSA) is 47.0 Å². The highest BCUT2D eigenvalue weighted by molar-refractivity contribution is 7.09. The Morgan fingerprint density at radius 1 is 1.62 bits per heavy atom. The third-order valence-corrected chi connectivity index (χ3v) is 3.65. The zero-order chi connectivity index (χ0) is 11.4. The lowest BCUT2D eigenvalue weighted by Gasteiger charge is -2.17. The Bertz CT molecular complexity index is 323. The molecule has 1 aliphatic rings. The number of nitrogens with zero attached hydrogens (tertiary/aromatic N) is 2. The fourth-order valence-corrected chi connectivity index (χ4v) is 2.61. The van der Waals surface area contributed by atoms with E-state index in [0.29, 0.717) is 12.0 Å². The second-order valence-corrected chi connectivity index (χ2v) is 5.07.